The molecule has 120 valence electrons. The highest BCUT2D eigenvalue weighted by Gasteiger charge is 2.16. The Bertz CT molecular complexity index is 714. The smallest absolute Gasteiger partial charge is 0.252 e. The van der Waals surface area contributed by atoms with Gasteiger partial charge in [-0.3, -0.25) is 4.79 Å². The summed E-state index contributed by atoms with van der Waals surface area (Å²) in [4.78, 5) is 13.5. The summed E-state index contributed by atoms with van der Waals surface area (Å²) >= 11 is 1.59. The quantitative estimate of drug-likeness (QED) is 0.851. The summed E-state index contributed by atoms with van der Waals surface area (Å²) in [7, 11) is 0. The Hall–Kier alpha value is -1.94. The molecule has 1 amide bonds. The van der Waals surface area contributed by atoms with E-state index in [-0.39, 0.29) is 11.9 Å². The van der Waals surface area contributed by atoms with Crippen LogP contribution in [0.2, 0.25) is 0 Å². The van der Waals surface area contributed by atoms with Gasteiger partial charge in [0.05, 0.1) is 12.2 Å². The molecule has 1 unspecified atom stereocenters. The fourth-order valence-electron chi connectivity index (χ4n) is 2.91. The molecular weight excluding hydrogens is 306 g/mol. The van der Waals surface area contributed by atoms with Crippen molar-refractivity contribution in [3.8, 4) is 5.75 Å². The summed E-state index contributed by atoms with van der Waals surface area (Å²) in [6, 6.07) is 14.1. The van der Waals surface area contributed by atoms with Crippen LogP contribution in [0.1, 0.15) is 28.4 Å². The Morgan fingerprint density at radius 3 is 2.96 bits per heavy atom. The van der Waals surface area contributed by atoms with E-state index in [0.717, 1.165) is 35.7 Å². The SMILES string of the molecule is CSc1ccccc1C(=O)NC(C)Cc1ccc2c(c1)CCO2. The Labute approximate surface area is 141 Å². The number of rotatable bonds is 5. The van der Waals surface area contributed by atoms with E-state index in [1.807, 2.05) is 43.5 Å². The molecule has 2 aromatic carbocycles. The third-order valence-corrected chi connectivity index (χ3v) is 4.82. The van der Waals surface area contributed by atoms with E-state index < -0.39 is 0 Å². The molecule has 0 aliphatic carbocycles. The minimum absolute atomic E-state index is 0.00746. The van der Waals surface area contributed by atoms with Crippen LogP contribution in [0.3, 0.4) is 0 Å². The van der Waals surface area contributed by atoms with Crippen LogP contribution in [0.25, 0.3) is 0 Å². The Balaban J connectivity index is 1.65. The third-order valence-electron chi connectivity index (χ3n) is 4.02. The van der Waals surface area contributed by atoms with E-state index >= 15 is 0 Å². The van der Waals surface area contributed by atoms with Gasteiger partial charge in [-0.15, -0.1) is 11.8 Å². The maximum atomic E-state index is 12.5. The van der Waals surface area contributed by atoms with E-state index in [1.165, 1.54) is 11.1 Å². The molecule has 23 heavy (non-hydrogen) atoms. The molecule has 1 heterocycles. The normalized spacial score (nSPS) is 14.0. The molecule has 1 N–H and O–H groups in total. The Morgan fingerprint density at radius 1 is 1.30 bits per heavy atom. The van der Waals surface area contributed by atoms with Gasteiger partial charge in [-0.1, -0.05) is 24.3 Å². The van der Waals surface area contributed by atoms with Gasteiger partial charge in [0.25, 0.3) is 5.91 Å². The van der Waals surface area contributed by atoms with Crippen LogP contribution in [-0.2, 0) is 12.8 Å². The minimum Gasteiger partial charge on any atom is -0.493 e. The Kier molecular flexibility index (Phi) is 4.91. The zero-order valence-electron chi connectivity index (χ0n) is 13.5. The van der Waals surface area contributed by atoms with E-state index in [0.29, 0.717) is 0 Å². The number of nitrogens with one attached hydrogen (secondary N) is 1. The molecule has 0 saturated heterocycles. The lowest BCUT2D eigenvalue weighted by atomic mass is 10.0. The van der Waals surface area contributed by atoms with Crippen LogP contribution in [-0.4, -0.2) is 24.8 Å². The lowest BCUT2D eigenvalue weighted by Gasteiger charge is -2.16. The molecule has 3 rings (SSSR count). The van der Waals surface area contributed by atoms with Crippen molar-refractivity contribution in [3.05, 3.63) is 59.2 Å². The van der Waals surface area contributed by atoms with Crippen LogP contribution >= 0.6 is 11.8 Å². The molecule has 4 heteroatoms. The predicted octanol–water partition coefficient (Wildman–Crippen LogP) is 3.70. The average Bonchev–Trinajstić information content (AvgIpc) is 3.02. The van der Waals surface area contributed by atoms with Gasteiger partial charge in [0.1, 0.15) is 5.75 Å². The number of ether oxygens (including phenoxy) is 1. The van der Waals surface area contributed by atoms with Gasteiger partial charge in [-0.25, -0.2) is 0 Å². The number of fused-ring (bicyclic) bond motifs is 1. The summed E-state index contributed by atoms with van der Waals surface area (Å²) in [6.45, 7) is 2.82. The highest BCUT2D eigenvalue weighted by molar-refractivity contribution is 7.98. The van der Waals surface area contributed by atoms with Gasteiger partial charge in [0.15, 0.2) is 0 Å². The summed E-state index contributed by atoms with van der Waals surface area (Å²) in [5.41, 5.74) is 3.25. The van der Waals surface area contributed by atoms with Gasteiger partial charge in [-0.05, 0) is 48.9 Å². The molecule has 0 saturated carbocycles. The van der Waals surface area contributed by atoms with Crippen molar-refractivity contribution >= 4 is 17.7 Å². The van der Waals surface area contributed by atoms with Crippen molar-refractivity contribution in [2.24, 2.45) is 0 Å². The van der Waals surface area contributed by atoms with E-state index in [2.05, 4.69) is 17.4 Å². The number of hydrogen-bond donors (Lipinski definition) is 1. The van der Waals surface area contributed by atoms with E-state index in [9.17, 15) is 4.79 Å². The van der Waals surface area contributed by atoms with E-state index in [4.69, 9.17) is 4.74 Å². The molecule has 2 aromatic rings. The third kappa shape index (κ3) is 3.70. The topological polar surface area (TPSA) is 38.3 Å². The monoisotopic (exact) mass is 327 g/mol. The van der Waals surface area contributed by atoms with Gasteiger partial charge < -0.3 is 10.1 Å². The first-order valence-electron chi connectivity index (χ1n) is 7.86. The highest BCUT2D eigenvalue weighted by Crippen LogP contribution is 2.26. The van der Waals surface area contributed by atoms with Crippen molar-refractivity contribution < 1.29 is 9.53 Å². The van der Waals surface area contributed by atoms with Gasteiger partial charge in [-0.2, -0.15) is 0 Å². The van der Waals surface area contributed by atoms with Gasteiger partial charge in [0.2, 0.25) is 0 Å². The molecule has 0 radical (unpaired) electrons. The second kappa shape index (κ2) is 7.09. The number of carbonyl (C=O) groups is 1. The first-order valence-corrected chi connectivity index (χ1v) is 9.08. The highest BCUT2D eigenvalue weighted by atomic mass is 32.2. The molecule has 1 aliphatic rings. The molecule has 1 aliphatic heterocycles. The number of carbonyl (C=O) groups excluding carboxylic acids is 1. The molecule has 1 atom stereocenters. The first-order chi connectivity index (χ1) is 11.2. The largest absolute Gasteiger partial charge is 0.493 e. The maximum absolute atomic E-state index is 12.5. The molecule has 0 aromatic heterocycles. The summed E-state index contributed by atoms with van der Waals surface area (Å²) in [5.74, 6) is 0.992. The number of amides is 1. The first kappa shape index (κ1) is 15.9. The van der Waals surface area contributed by atoms with Crippen LogP contribution in [0.15, 0.2) is 47.4 Å². The molecule has 0 spiro atoms. The molecule has 3 nitrogen and oxygen atoms in total. The number of hydrogen-bond acceptors (Lipinski definition) is 3. The van der Waals surface area contributed by atoms with Crippen molar-refractivity contribution in [2.75, 3.05) is 12.9 Å². The van der Waals surface area contributed by atoms with Crippen molar-refractivity contribution in [1.29, 1.82) is 0 Å². The van der Waals surface area contributed by atoms with Crippen LogP contribution in [0, 0.1) is 0 Å². The van der Waals surface area contributed by atoms with E-state index in [1.54, 1.807) is 11.8 Å². The molecule has 0 fully saturated rings. The van der Waals surface area contributed by atoms with Gasteiger partial charge in [0, 0.05) is 17.4 Å². The fraction of sp³-hybridized carbons (Fsp3) is 0.316. The van der Waals surface area contributed by atoms with Crippen molar-refractivity contribution in [2.45, 2.75) is 30.7 Å². The maximum Gasteiger partial charge on any atom is 0.252 e. The summed E-state index contributed by atoms with van der Waals surface area (Å²) in [6.07, 6.45) is 3.79. The zero-order chi connectivity index (χ0) is 16.2. The predicted molar refractivity (Wildman–Crippen MR) is 94.5 cm³/mol. The molecule has 0 bridgehead atoms. The van der Waals surface area contributed by atoms with Crippen molar-refractivity contribution in [3.63, 3.8) is 0 Å². The van der Waals surface area contributed by atoms with Crippen molar-refractivity contribution in [1.82, 2.24) is 5.32 Å². The lowest BCUT2D eigenvalue weighted by Crippen LogP contribution is -2.34. The average molecular weight is 327 g/mol. The zero-order valence-corrected chi connectivity index (χ0v) is 14.3. The van der Waals surface area contributed by atoms with Crippen LogP contribution in [0.5, 0.6) is 5.75 Å². The fourth-order valence-corrected chi connectivity index (χ4v) is 3.50. The number of thioether (sulfide) groups is 1. The second-order valence-electron chi connectivity index (χ2n) is 5.82. The number of benzene rings is 2. The lowest BCUT2D eigenvalue weighted by molar-refractivity contribution is 0.0937. The second-order valence-corrected chi connectivity index (χ2v) is 6.67. The van der Waals surface area contributed by atoms with Crippen LogP contribution < -0.4 is 10.1 Å². The summed E-state index contributed by atoms with van der Waals surface area (Å²) < 4.78 is 5.53. The Morgan fingerprint density at radius 2 is 2.13 bits per heavy atom. The summed E-state index contributed by atoms with van der Waals surface area (Å²) in [5, 5.41) is 3.10. The van der Waals surface area contributed by atoms with Gasteiger partial charge >= 0.3 is 0 Å². The minimum atomic E-state index is -0.00746. The molecular formula is C19H21NO2S. The van der Waals surface area contributed by atoms with Crippen LogP contribution in [0.4, 0.5) is 0 Å². The standard InChI is InChI=1S/C19H21NO2S/c1-13(11-14-7-8-17-15(12-14)9-10-22-17)20-19(21)16-5-3-4-6-18(16)23-2/h3-8,12-13H,9-11H2,1-2H3,(H,20,21).